The molecule has 0 amide bonds. The molecule has 2 rings (SSSR count). The number of carbonyl (C=O) groups is 1. The Kier molecular flexibility index (Phi) is 6.26. The number of ether oxygens (including phenoxy) is 1. The zero-order valence-electron chi connectivity index (χ0n) is 13.1. The van der Waals surface area contributed by atoms with E-state index in [9.17, 15) is 17.6 Å². The van der Waals surface area contributed by atoms with Crippen LogP contribution in [0, 0.1) is 5.82 Å². The zero-order chi connectivity index (χ0) is 18.6. The van der Waals surface area contributed by atoms with E-state index < -0.39 is 28.4 Å². The summed E-state index contributed by atoms with van der Waals surface area (Å²) in [7, 11) is -4.15. The van der Waals surface area contributed by atoms with Crippen molar-refractivity contribution < 1.29 is 22.3 Å². The van der Waals surface area contributed by atoms with Gasteiger partial charge in [-0.3, -0.25) is 9.10 Å². The summed E-state index contributed by atoms with van der Waals surface area (Å²) < 4.78 is 44.7. The molecule has 0 aliphatic carbocycles. The lowest BCUT2D eigenvalue weighted by molar-refractivity contribution is -0.141. The van der Waals surface area contributed by atoms with Crippen molar-refractivity contribution in [2.75, 3.05) is 17.5 Å². The van der Waals surface area contributed by atoms with Crippen LogP contribution in [0.3, 0.4) is 0 Å². The first-order valence-electron chi connectivity index (χ1n) is 7.14. The largest absolute Gasteiger partial charge is 0.465 e. The first-order chi connectivity index (χ1) is 11.8. The van der Waals surface area contributed by atoms with Crippen LogP contribution in [0.25, 0.3) is 0 Å². The molecule has 0 bridgehead atoms. The Hall–Kier alpha value is -1.83. The van der Waals surface area contributed by atoms with E-state index >= 15 is 0 Å². The molecule has 9 heteroatoms. The van der Waals surface area contributed by atoms with Gasteiger partial charge in [0.2, 0.25) is 0 Å². The normalized spacial score (nSPS) is 11.2. The third-order valence-electron chi connectivity index (χ3n) is 3.17. The lowest BCUT2D eigenvalue weighted by Crippen LogP contribution is -2.36. The van der Waals surface area contributed by atoms with Gasteiger partial charge in [-0.15, -0.1) is 0 Å². The number of hydrogen-bond donors (Lipinski definition) is 0. The maximum absolute atomic E-state index is 13.2. The molecular formula is C16H14Cl2FNO4S. The van der Waals surface area contributed by atoms with Crippen molar-refractivity contribution in [2.24, 2.45) is 0 Å². The van der Waals surface area contributed by atoms with E-state index in [-0.39, 0.29) is 27.2 Å². The van der Waals surface area contributed by atoms with Crippen LogP contribution in [-0.2, 0) is 19.6 Å². The van der Waals surface area contributed by atoms with Gasteiger partial charge in [0, 0.05) is 0 Å². The molecule has 0 aliphatic rings. The molecule has 0 aromatic heterocycles. The van der Waals surface area contributed by atoms with Gasteiger partial charge in [0.05, 0.1) is 27.2 Å². The molecule has 0 fully saturated rings. The quantitative estimate of drug-likeness (QED) is 0.683. The average Bonchev–Trinajstić information content (AvgIpc) is 2.56. The van der Waals surface area contributed by atoms with Crippen LogP contribution in [0.4, 0.5) is 10.1 Å². The van der Waals surface area contributed by atoms with Gasteiger partial charge < -0.3 is 4.74 Å². The minimum atomic E-state index is -4.15. The highest BCUT2D eigenvalue weighted by Gasteiger charge is 2.28. The summed E-state index contributed by atoms with van der Waals surface area (Å²) in [5.41, 5.74) is 0.112. The molecule has 5 nitrogen and oxygen atoms in total. The van der Waals surface area contributed by atoms with Crippen LogP contribution < -0.4 is 4.31 Å². The molecule has 2 aromatic rings. The summed E-state index contributed by atoms with van der Waals surface area (Å²) in [5.74, 6) is -1.28. The van der Waals surface area contributed by atoms with Crippen LogP contribution in [0.2, 0.25) is 10.0 Å². The maximum Gasteiger partial charge on any atom is 0.326 e. The van der Waals surface area contributed by atoms with Gasteiger partial charge >= 0.3 is 5.97 Å². The third kappa shape index (κ3) is 4.62. The van der Waals surface area contributed by atoms with Gasteiger partial charge in [0.15, 0.2) is 0 Å². The topological polar surface area (TPSA) is 63.7 Å². The average molecular weight is 406 g/mol. The Morgan fingerprint density at radius 3 is 2.32 bits per heavy atom. The molecular weight excluding hydrogens is 392 g/mol. The molecule has 0 aliphatic heterocycles. The van der Waals surface area contributed by atoms with Gasteiger partial charge in [-0.05, 0) is 49.4 Å². The molecule has 25 heavy (non-hydrogen) atoms. The fourth-order valence-corrected chi connectivity index (χ4v) is 3.81. The molecule has 0 radical (unpaired) electrons. The number of rotatable bonds is 6. The number of esters is 1. The van der Waals surface area contributed by atoms with Crippen LogP contribution >= 0.6 is 23.2 Å². The summed E-state index contributed by atoms with van der Waals surface area (Å²) in [6.07, 6.45) is 0. The molecule has 0 unspecified atom stereocenters. The highest BCUT2D eigenvalue weighted by Crippen LogP contribution is 2.29. The van der Waals surface area contributed by atoms with Gasteiger partial charge in [-0.1, -0.05) is 23.2 Å². The number of nitrogens with zero attached hydrogens (tertiary/aromatic N) is 1. The van der Waals surface area contributed by atoms with Gasteiger partial charge in [-0.25, -0.2) is 12.8 Å². The van der Waals surface area contributed by atoms with Crippen LogP contribution in [0.5, 0.6) is 0 Å². The second-order valence-electron chi connectivity index (χ2n) is 4.87. The van der Waals surface area contributed by atoms with Crippen molar-refractivity contribution in [2.45, 2.75) is 11.8 Å². The first kappa shape index (κ1) is 19.5. The summed E-state index contributed by atoms with van der Waals surface area (Å²) in [6, 6.07) is 8.49. The predicted molar refractivity (Wildman–Crippen MR) is 94.0 cm³/mol. The lowest BCUT2D eigenvalue weighted by Gasteiger charge is -2.23. The van der Waals surface area contributed by atoms with Crippen molar-refractivity contribution in [3.63, 3.8) is 0 Å². The second-order valence-corrected chi connectivity index (χ2v) is 7.55. The molecule has 0 N–H and O–H groups in total. The van der Waals surface area contributed by atoms with Crippen molar-refractivity contribution in [3.8, 4) is 0 Å². The first-order valence-corrected chi connectivity index (χ1v) is 9.34. The van der Waals surface area contributed by atoms with Crippen LogP contribution in [-0.4, -0.2) is 27.5 Å². The minimum absolute atomic E-state index is 0.0536. The van der Waals surface area contributed by atoms with Crippen molar-refractivity contribution in [3.05, 3.63) is 58.3 Å². The van der Waals surface area contributed by atoms with Crippen LogP contribution in [0.1, 0.15) is 6.92 Å². The Morgan fingerprint density at radius 1 is 1.12 bits per heavy atom. The van der Waals surface area contributed by atoms with Gasteiger partial charge in [0.1, 0.15) is 12.4 Å². The number of carbonyl (C=O) groups excluding carboxylic acids is 1. The van der Waals surface area contributed by atoms with Gasteiger partial charge in [0.25, 0.3) is 10.0 Å². The number of halogens is 3. The Labute approximate surface area is 155 Å². The van der Waals surface area contributed by atoms with E-state index in [0.717, 1.165) is 16.4 Å². The number of benzene rings is 2. The molecule has 0 saturated carbocycles. The second kappa shape index (κ2) is 8.03. The molecule has 0 saturated heterocycles. The van der Waals surface area contributed by atoms with Crippen molar-refractivity contribution >= 4 is 44.9 Å². The van der Waals surface area contributed by atoms with E-state index in [1.54, 1.807) is 6.92 Å². The summed E-state index contributed by atoms with van der Waals surface area (Å²) >= 11 is 11.7. The highest BCUT2D eigenvalue weighted by atomic mass is 35.5. The molecule has 0 spiro atoms. The fourth-order valence-electron chi connectivity index (χ4n) is 2.01. The monoisotopic (exact) mass is 405 g/mol. The van der Waals surface area contributed by atoms with Crippen molar-refractivity contribution in [1.82, 2.24) is 0 Å². The molecule has 134 valence electrons. The summed E-state index contributed by atoms with van der Waals surface area (Å²) in [6.45, 7) is 1.14. The highest BCUT2D eigenvalue weighted by molar-refractivity contribution is 7.92. The van der Waals surface area contributed by atoms with E-state index in [2.05, 4.69) is 0 Å². The van der Waals surface area contributed by atoms with E-state index in [4.69, 9.17) is 27.9 Å². The summed E-state index contributed by atoms with van der Waals surface area (Å²) in [5, 5.41) is 0.247. The summed E-state index contributed by atoms with van der Waals surface area (Å²) in [4.78, 5) is 11.7. The van der Waals surface area contributed by atoms with Gasteiger partial charge in [-0.2, -0.15) is 0 Å². The smallest absolute Gasteiger partial charge is 0.326 e. The van der Waals surface area contributed by atoms with Crippen molar-refractivity contribution in [1.29, 1.82) is 0 Å². The van der Waals surface area contributed by atoms with E-state index in [1.165, 1.54) is 30.3 Å². The van der Waals surface area contributed by atoms with Crippen LogP contribution in [0.15, 0.2) is 47.4 Å². The molecule has 0 heterocycles. The predicted octanol–water partition coefficient (Wildman–Crippen LogP) is 3.89. The maximum atomic E-state index is 13.2. The molecule has 2 aromatic carbocycles. The van der Waals surface area contributed by atoms with E-state index in [1.807, 2.05) is 0 Å². The Balaban J connectivity index is 2.50. The Bertz CT molecular complexity index is 872. The fraction of sp³-hybridized carbons (Fsp3) is 0.188. The Morgan fingerprint density at radius 2 is 1.76 bits per heavy atom. The third-order valence-corrected chi connectivity index (χ3v) is 5.68. The number of hydrogen-bond acceptors (Lipinski definition) is 4. The SMILES string of the molecule is CCOC(=O)CN(c1ccc(F)cc1)S(=O)(=O)c1ccc(Cl)c(Cl)c1. The zero-order valence-corrected chi connectivity index (χ0v) is 15.4. The van der Waals surface area contributed by atoms with E-state index in [0.29, 0.717) is 0 Å². The number of anilines is 1. The number of sulfonamides is 1. The minimum Gasteiger partial charge on any atom is -0.465 e. The standard InChI is InChI=1S/C16H14Cl2FNO4S/c1-2-24-16(21)10-20(12-5-3-11(19)4-6-12)25(22,23)13-7-8-14(17)15(18)9-13/h3-9H,2,10H2,1H3. The molecule has 0 atom stereocenters. The lowest BCUT2D eigenvalue weighted by atomic mass is 10.3.